The Morgan fingerprint density at radius 3 is 2.23 bits per heavy atom. The van der Waals surface area contributed by atoms with Gasteiger partial charge in [-0.05, 0) is 67.3 Å². The number of H-pyrrole nitrogens is 1. The molecule has 1 aliphatic rings. The third-order valence-corrected chi connectivity index (χ3v) is 5.13. The number of benzene rings is 2. The first-order valence-electron chi connectivity index (χ1n) is 10.6. The maximum atomic E-state index is 14.1. The van der Waals surface area contributed by atoms with Crippen molar-refractivity contribution in [3.05, 3.63) is 59.4 Å². The van der Waals surface area contributed by atoms with Gasteiger partial charge in [0.05, 0.1) is 11.2 Å². The number of aromatic nitrogens is 1. The van der Waals surface area contributed by atoms with Crippen molar-refractivity contribution in [3.63, 3.8) is 0 Å². The van der Waals surface area contributed by atoms with Crippen molar-refractivity contribution in [3.8, 4) is 11.3 Å². The lowest BCUT2D eigenvalue weighted by Gasteiger charge is -2.26. The minimum Gasteiger partial charge on any atom is -0.370 e. The third-order valence-electron chi connectivity index (χ3n) is 5.13. The molecule has 4 N–H and O–H groups in total. The van der Waals surface area contributed by atoms with Gasteiger partial charge in [-0.15, -0.1) is 0 Å². The lowest BCUT2D eigenvalue weighted by atomic mass is 9.78. The van der Waals surface area contributed by atoms with Crippen molar-refractivity contribution in [1.82, 2.24) is 10.3 Å². The molecule has 1 fully saturated rings. The molecule has 0 atom stereocenters. The highest BCUT2D eigenvalue weighted by Gasteiger charge is 2.27. The van der Waals surface area contributed by atoms with Crippen LogP contribution in [-0.4, -0.2) is 24.5 Å². The standard InChI is InChI=1S/C18H14F3N.C4H10N2O.C2H6/c19-12-6-4-11(5-7-12)17-16(10-2-1-3-10)14-8-13(20)9-15(21)18(14)22-17;1-6-3-2-4(5)7;1-2/h4-10,22H,1-3H2;6H,2-3H2,1H3,(H2,5,7);1-2H3. The molecule has 0 aliphatic heterocycles. The van der Waals surface area contributed by atoms with Crippen LogP contribution in [0.4, 0.5) is 13.2 Å². The Labute approximate surface area is 181 Å². The van der Waals surface area contributed by atoms with Gasteiger partial charge >= 0.3 is 0 Å². The highest BCUT2D eigenvalue weighted by Crippen LogP contribution is 2.45. The quantitative estimate of drug-likeness (QED) is 0.488. The molecule has 1 aromatic heterocycles. The fraction of sp³-hybridized carbons (Fsp3) is 0.375. The van der Waals surface area contributed by atoms with Gasteiger partial charge in [0.1, 0.15) is 17.5 Å². The SMILES string of the molecule is CC.CNCCC(N)=O.Fc1ccc(-c2[nH]c3c(F)cc(F)cc3c2C2CCC2)cc1. The number of rotatable bonds is 5. The van der Waals surface area contributed by atoms with Gasteiger partial charge in [0.25, 0.3) is 0 Å². The molecule has 0 saturated heterocycles. The molecular weight excluding hydrogens is 403 g/mol. The highest BCUT2D eigenvalue weighted by molar-refractivity contribution is 5.92. The zero-order valence-corrected chi connectivity index (χ0v) is 18.2. The van der Waals surface area contributed by atoms with E-state index in [1.807, 2.05) is 13.8 Å². The summed E-state index contributed by atoms with van der Waals surface area (Å²) in [4.78, 5) is 13.0. The first-order valence-corrected chi connectivity index (χ1v) is 10.6. The van der Waals surface area contributed by atoms with Crippen LogP contribution in [0, 0.1) is 17.5 Å². The molecule has 4 rings (SSSR count). The van der Waals surface area contributed by atoms with Gasteiger partial charge in [-0.3, -0.25) is 4.79 Å². The number of carbonyl (C=O) groups excluding carboxylic acids is 1. The molecule has 4 nitrogen and oxygen atoms in total. The van der Waals surface area contributed by atoms with Crippen LogP contribution < -0.4 is 11.1 Å². The van der Waals surface area contributed by atoms with Crippen LogP contribution in [0.5, 0.6) is 0 Å². The largest absolute Gasteiger partial charge is 0.370 e. The van der Waals surface area contributed by atoms with Gasteiger partial charge in [-0.1, -0.05) is 20.3 Å². The Morgan fingerprint density at radius 1 is 1.10 bits per heavy atom. The van der Waals surface area contributed by atoms with Gasteiger partial charge in [0.2, 0.25) is 5.91 Å². The van der Waals surface area contributed by atoms with Crippen LogP contribution in [0.15, 0.2) is 36.4 Å². The summed E-state index contributed by atoms with van der Waals surface area (Å²) in [6, 6.07) is 8.35. The van der Waals surface area contributed by atoms with E-state index < -0.39 is 11.6 Å². The summed E-state index contributed by atoms with van der Waals surface area (Å²) in [5.41, 5.74) is 7.63. The van der Waals surface area contributed by atoms with Crippen molar-refractivity contribution >= 4 is 16.8 Å². The monoisotopic (exact) mass is 433 g/mol. The van der Waals surface area contributed by atoms with Crippen molar-refractivity contribution < 1.29 is 18.0 Å². The zero-order chi connectivity index (χ0) is 23.0. The van der Waals surface area contributed by atoms with E-state index in [9.17, 15) is 18.0 Å². The van der Waals surface area contributed by atoms with Crippen LogP contribution >= 0.6 is 0 Å². The lowest BCUT2D eigenvalue weighted by molar-refractivity contribution is -0.117. The lowest BCUT2D eigenvalue weighted by Crippen LogP contribution is -2.18. The van der Waals surface area contributed by atoms with Crippen molar-refractivity contribution in [2.45, 2.75) is 45.4 Å². The molecule has 0 unspecified atom stereocenters. The molecule has 1 amide bonds. The van der Waals surface area contributed by atoms with Gasteiger partial charge in [-0.2, -0.15) is 0 Å². The molecule has 3 aromatic rings. The van der Waals surface area contributed by atoms with Crippen LogP contribution in [0.1, 0.15) is 51.0 Å². The Bertz CT molecular complexity index is 995. The Balaban J connectivity index is 0.000000327. The third kappa shape index (κ3) is 6.10. The van der Waals surface area contributed by atoms with Gasteiger partial charge < -0.3 is 16.0 Å². The number of primary amides is 1. The van der Waals surface area contributed by atoms with Gasteiger partial charge in [-0.25, -0.2) is 13.2 Å². The van der Waals surface area contributed by atoms with Crippen LogP contribution in [0.25, 0.3) is 22.2 Å². The van der Waals surface area contributed by atoms with Crippen LogP contribution in [0.2, 0.25) is 0 Å². The number of hydrogen-bond donors (Lipinski definition) is 3. The molecule has 1 aliphatic carbocycles. The van der Waals surface area contributed by atoms with E-state index >= 15 is 0 Å². The summed E-state index contributed by atoms with van der Waals surface area (Å²) in [6.45, 7) is 4.68. The number of amides is 1. The molecule has 1 heterocycles. The summed E-state index contributed by atoms with van der Waals surface area (Å²) in [5, 5.41) is 3.40. The highest BCUT2D eigenvalue weighted by atomic mass is 19.1. The second-order valence-corrected chi connectivity index (χ2v) is 7.18. The smallest absolute Gasteiger partial charge is 0.218 e. The number of carbonyl (C=O) groups is 1. The number of nitrogens with two attached hydrogens (primary N) is 1. The van der Waals surface area contributed by atoms with Gasteiger partial charge in [0.15, 0.2) is 0 Å². The van der Waals surface area contributed by atoms with Crippen molar-refractivity contribution in [1.29, 1.82) is 0 Å². The van der Waals surface area contributed by atoms with E-state index in [0.717, 1.165) is 42.1 Å². The maximum Gasteiger partial charge on any atom is 0.218 e. The van der Waals surface area contributed by atoms with Crippen molar-refractivity contribution in [2.75, 3.05) is 13.6 Å². The molecular formula is C24H30F3N3O. The summed E-state index contributed by atoms with van der Waals surface area (Å²) < 4.78 is 40.8. The maximum absolute atomic E-state index is 14.1. The van der Waals surface area contributed by atoms with E-state index in [4.69, 9.17) is 5.73 Å². The molecule has 0 bridgehead atoms. The predicted molar refractivity (Wildman–Crippen MR) is 119 cm³/mol. The molecule has 7 heteroatoms. The average molecular weight is 434 g/mol. The average Bonchev–Trinajstić information content (AvgIpc) is 3.07. The molecule has 168 valence electrons. The Kier molecular flexibility index (Phi) is 9.12. The minimum atomic E-state index is -0.594. The van der Waals surface area contributed by atoms with E-state index in [1.165, 1.54) is 18.2 Å². The second kappa shape index (κ2) is 11.6. The van der Waals surface area contributed by atoms with E-state index in [-0.39, 0.29) is 11.7 Å². The number of fused-ring (bicyclic) bond motifs is 1. The fourth-order valence-corrected chi connectivity index (χ4v) is 3.45. The number of halogens is 3. The first-order chi connectivity index (χ1) is 14.9. The molecule has 1 saturated carbocycles. The molecule has 0 spiro atoms. The van der Waals surface area contributed by atoms with Gasteiger partial charge in [0, 0.05) is 24.4 Å². The minimum absolute atomic E-state index is 0.255. The summed E-state index contributed by atoms with van der Waals surface area (Å²) >= 11 is 0. The summed E-state index contributed by atoms with van der Waals surface area (Å²) in [5.74, 6) is -1.44. The zero-order valence-electron chi connectivity index (χ0n) is 18.2. The van der Waals surface area contributed by atoms with Crippen molar-refractivity contribution in [2.24, 2.45) is 5.73 Å². The van der Waals surface area contributed by atoms with E-state index in [0.29, 0.717) is 29.8 Å². The number of aromatic amines is 1. The normalized spacial score (nSPS) is 13.0. The topological polar surface area (TPSA) is 70.9 Å². The Morgan fingerprint density at radius 2 is 1.74 bits per heavy atom. The number of nitrogens with one attached hydrogen (secondary N) is 2. The number of hydrogen-bond acceptors (Lipinski definition) is 2. The second-order valence-electron chi connectivity index (χ2n) is 7.18. The molecule has 2 aromatic carbocycles. The summed E-state index contributed by atoms with van der Waals surface area (Å²) in [6.07, 6.45) is 3.58. The van der Waals surface area contributed by atoms with E-state index in [2.05, 4.69) is 10.3 Å². The van der Waals surface area contributed by atoms with E-state index in [1.54, 1.807) is 19.2 Å². The van der Waals surface area contributed by atoms with Crippen LogP contribution in [-0.2, 0) is 4.79 Å². The Hall–Kier alpha value is -2.80. The van der Waals surface area contributed by atoms with Crippen LogP contribution in [0.3, 0.4) is 0 Å². The predicted octanol–water partition coefficient (Wildman–Crippen LogP) is 5.63. The molecule has 31 heavy (non-hydrogen) atoms. The first kappa shape index (κ1) is 24.5. The molecule has 0 radical (unpaired) electrons. The summed E-state index contributed by atoms with van der Waals surface area (Å²) in [7, 11) is 1.78. The fourth-order valence-electron chi connectivity index (χ4n) is 3.45.